The molecule has 0 aromatic heterocycles. The van der Waals surface area contributed by atoms with Crippen LogP contribution in [0.3, 0.4) is 0 Å². The minimum Gasteiger partial charge on any atom is -0.478 e. The molecule has 0 aliphatic carbocycles. The molecular formula is C18H13F3O4. The lowest BCUT2D eigenvalue weighted by Crippen LogP contribution is -2.40. The Morgan fingerprint density at radius 3 is 2.56 bits per heavy atom. The molecule has 4 nitrogen and oxygen atoms in total. The number of carbonyl (C=O) groups is 1. The van der Waals surface area contributed by atoms with Crippen LogP contribution in [-0.4, -0.2) is 23.4 Å². The van der Waals surface area contributed by atoms with E-state index in [1.807, 2.05) is 13.0 Å². The Morgan fingerprint density at radius 1 is 1.20 bits per heavy atom. The second-order valence-electron chi connectivity index (χ2n) is 5.53. The molecule has 0 fully saturated rings. The molecule has 2 aromatic rings. The number of rotatable bonds is 3. The second-order valence-corrected chi connectivity index (χ2v) is 5.53. The number of aryl methyl sites for hydroxylation is 1. The largest absolute Gasteiger partial charge is 0.478 e. The minimum absolute atomic E-state index is 0.0857. The van der Waals surface area contributed by atoms with Crippen LogP contribution in [0.1, 0.15) is 11.1 Å². The molecular weight excluding hydrogens is 337 g/mol. The van der Waals surface area contributed by atoms with Crippen molar-refractivity contribution >= 4 is 12.0 Å². The van der Waals surface area contributed by atoms with Crippen LogP contribution in [-0.2, 0) is 4.79 Å². The van der Waals surface area contributed by atoms with E-state index in [1.54, 1.807) is 18.2 Å². The van der Waals surface area contributed by atoms with Gasteiger partial charge in [0.2, 0.25) is 6.10 Å². The first-order valence-corrected chi connectivity index (χ1v) is 7.31. The third-order valence-electron chi connectivity index (χ3n) is 3.61. The summed E-state index contributed by atoms with van der Waals surface area (Å²) < 4.78 is 49.9. The quantitative estimate of drug-likeness (QED) is 0.880. The fraction of sp³-hybridized carbons (Fsp3) is 0.167. The number of hydrogen-bond donors (Lipinski definition) is 1. The highest BCUT2D eigenvalue weighted by atomic mass is 19.4. The van der Waals surface area contributed by atoms with E-state index >= 15 is 0 Å². The van der Waals surface area contributed by atoms with Gasteiger partial charge in [0.25, 0.3) is 0 Å². The van der Waals surface area contributed by atoms with Crippen LogP contribution in [0.15, 0.2) is 48.0 Å². The van der Waals surface area contributed by atoms with E-state index in [0.717, 1.165) is 11.6 Å². The first-order valence-electron chi connectivity index (χ1n) is 7.31. The number of hydrogen-bond acceptors (Lipinski definition) is 3. The van der Waals surface area contributed by atoms with Gasteiger partial charge >= 0.3 is 12.1 Å². The molecule has 1 aliphatic heterocycles. The fourth-order valence-corrected chi connectivity index (χ4v) is 2.50. The maximum atomic E-state index is 13.1. The third kappa shape index (κ3) is 3.45. The average Bonchev–Trinajstić information content (AvgIpc) is 2.53. The van der Waals surface area contributed by atoms with Crippen LogP contribution < -0.4 is 9.47 Å². The smallest absolute Gasteiger partial charge is 0.430 e. The number of halogens is 3. The lowest BCUT2D eigenvalue weighted by atomic mass is 10.0. The molecule has 130 valence electrons. The van der Waals surface area contributed by atoms with Crippen molar-refractivity contribution in [2.75, 3.05) is 0 Å². The maximum absolute atomic E-state index is 13.1. The van der Waals surface area contributed by atoms with Gasteiger partial charge in [-0.2, -0.15) is 13.2 Å². The summed E-state index contributed by atoms with van der Waals surface area (Å²) in [5.74, 6) is -1.09. The molecule has 0 spiro atoms. The zero-order valence-corrected chi connectivity index (χ0v) is 13.0. The number of fused-ring (bicyclic) bond motifs is 1. The lowest BCUT2D eigenvalue weighted by Gasteiger charge is -2.27. The number of ether oxygens (including phenoxy) is 2. The molecule has 0 radical (unpaired) electrons. The van der Waals surface area contributed by atoms with E-state index in [2.05, 4.69) is 0 Å². The van der Waals surface area contributed by atoms with Crippen LogP contribution in [0.5, 0.6) is 17.2 Å². The van der Waals surface area contributed by atoms with E-state index < -0.39 is 23.8 Å². The third-order valence-corrected chi connectivity index (χ3v) is 3.61. The van der Waals surface area contributed by atoms with Gasteiger partial charge in [-0.05, 0) is 42.8 Å². The molecule has 0 amide bonds. The van der Waals surface area contributed by atoms with Gasteiger partial charge < -0.3 is 14.6 Å². The van der Waals surface area contributed by atoms with Crippen LogP contribution in [0, 0.1) is 6.92 Å². The molecule has 1 N–H and O–H groups in total. The number of carboxylic acids is 1. The van der Waals surface area contributed by atoms with E-state index in [4.69, 9.17) is 14.6 Å². The average molecular weight is 350 g/mol. The summed E-state index contributed by atoms with van der Waals surface area (Å²) in [7, 11) is 0. The standard InChI is InChI=1S/C18H13F3O4/c1-10-4-2-5-11(8-10)24-14-6-3-7-15-12(14)9-13(17(22)23)16(25-15)18(19,20)21/h2-9,16H,1H3,(H,22,23). The van der Waals surface area contributed by atoms with Crippen LogP contribution in [0.25, 0.3) is 6.08 Å². The van der Waals surface area contributed by atoms with Gasteiger partial charge in [-0.15, -0.1) is 0 Å². The fourth-order valence-electron chi connectivity index (χ4n) is 2.50. The summed E-state index contributed by atoms with van der Waals surface area (Å²) in [6.07, 6.45) is -6.41. The Bertz CT molecular complexity index is 856. The first kappa shape index (κ1) is 16.9. The second kappa shape index (κ2) is 6.16. The zero-order valence-electron chi connectivity index (χ0n) is 13.0. The van der Waals surface area contributed by atoms with E-state index in [0.29, 0.717) is 5.75 Å². The molecule has 0 saturated heterocycles. The highest BCUT2D eigenvalue weighted by Gasteiger charge is 2.48. The lowest BCUT2D eigenvalue weighted by molar-refractivity contribution is -0.187. The van der Waals surface area contributed by atoms with E-state index in [-0.39, 0.29) is 17.1 Å². The Labute approximate surface area is 141 Å². The Hall–Kier alpha value is -2.96. The Kier molecular flexibility index (Phi) is 4.16. The SMILES string of the molecule is Cc1cccc(Oc2cccc3c2C=C(C(=O)O)C(C(F)(F)F)O3)c1. The molecule has 25 heavy (non-hydrogen) atoms. The Morgan fingerprint density at radius 2 is 1.92 bits per heavy atom. The number of aliphatic carboxylic acids is 1. The van der Waals surface area contributed by atoms with Crippen molar-refractivity contribution in [1.29, 1.82) is 0 Å². The van der Waals surface area contributed by atoms with Crippen molar-refractivity contribution in [2.24, 2.45) is 0 Å². The molecule has 7 heteroatoms. The van der Waals surface area contributed by atoms with Crippen LogP contribution >= 0.6 is 0 Å². The van der Waals surface area contributed by atoms with Crippen LogP contribution in [0.2, 0.25) is 0 Å². The zero-order chi connectivity index (χ0) is 18.2. The highest BCUT2D eigenvalue weighted by molar-refractivity contribution is 5.95. The van der Waals surface area contributed by atoms with Gasteiger partial charge in [0.05, 0.1) is 11.1 Å². The van der Waals surface area contributed by atoms with Gasteiger partial charge in [-0.1, -0.05) is 18.2 Å². The maximum Gasteiger partial charge on any atom is 0.430 e. The molecule has 1 aliphatic rings. The summed E-state index contributed by atoms with van der Waals surface area (Å²) in [6.45, 7) is 1.87. The topological polar surface area (TPSA) is 55.8 Å². The number of benzene rings is 2. The Balaban J connectivity index is 2.05. The summed E-state index contributed by atoms with van der Waals surface area (Å²) in [5.41, 5.74) is 0.208. The summed E-state index contributed by atoms with van der Waals surface area (Å²) in [4.78, 5) is 11.2. The normalized spacial score (nSPS) is 16.5. The van der Waals surface area contributed by atoms with Gasteiger partial charge in [-0.25, -0.2) is 4.79 Å². The number of alkyl halides is 3. The van der Waals surface area contributed by atoms with Crippen molar-refractivity contribution in [3.8, 4) is 17.2 Å². The summed E-state index contributed by atoms with van der Waals surface area (Å²) >= 11 is 0. The minimum atomic E-state index is -4.84. The summed E-state index contributed by atoms with van der Waals surface area (Å²) in [5, 5.41) is 9.13. The van der Waals surface area contributed by atoms with Crippen molar-refractivity contribution in [2.45, 2.75) is 19.2 Å². The molecule has 1 heterocycles. The first-order chi connectivity index (χ1) is 11.8. The van der Waals surface area contributed by atoms with E-state index in [1.165, 1.54) is 18.2 Å². The molecule has 3 rings (SSSR count). The van der Waals surface area contributed by atoms with Crippen molar-refractivity contribution in [1.82, 2.24) is 0 Å². The van der Waals surface area contributed by atoms with Gasteiger partial charge in [0, 0.05) is 0 Å². The molecule has 0 saturated carbocycles. The van der Waals surface area contributed by atoms with Crippen molar-refractivity contribution in [3.05, 3.63) is 59.2 Å². The predicted octanol–water partition coefficient (Wildman–Crippen LogP) is 4.58. The molecule has 2 aromatic carbocycles. The van der Waals surface area contributed by atoms with Crippen LogP contribution in [0.4, 0.5) is 13.2 Å². The highest BCUT2D eigenvalue weighted by Crippen LogP contribution is 2.41. The van der Waals surface area contributed by atoms with Gasteiger partial charge in [0.1, 0.15) is 17.2 Å². The van der Waals surface area contributed by atoms with Gasteiger partial charge in [0.15, 0.2) is 0 Å². The van der Waals surface area contributed by atoms with Crippen molar-refractivity contribution < 1.29 is 32.5 Å². The predicted molar refractivity (Wildman–Crippen MR) is 83.8 cm³/mol. The molecule has 1 atom stereocenters. The molecule has 0 bridgehead atoms. The summed E-state index contributed by atoms with van der Waals surface area (Å²) in [6, 6.07) is 11.4. The number of carboxylic acid groups (broad SMARTS) is 1. The molecule has 1 unspecified atom stereocenters. The van der Waals surface area contributed by atoms with E-state index in [9.17, 15) is 18.0 Å². The monoisotopic (exact) mass is 350 g/mol. The van der Waals surface area contributed by atoms with Gasteiger partial charge in [-0.3, -0.25) is 0 Å². The van der Waals surface area contributed by atoms with Crippen molar-refractivity contribution in [3.63, 3.8) is 0 Å².